The molecule has 0 bridgehead atoms. The van der Waals surface area contributed by atoms with Crippen molar-refractivity contribution in [2.45, 2.75) is 19.8 Å². The quantitative estimate of drug-likeness (QED) is 0.581. The normalized spacial score (nSPS) is 9.90. The summed E-state index contributed by atoms with van der Waals surface area (Å²) in [7, 11) is 1.32. The Labute approximate surface area is 117 Å². The van der Waals surface area contributed by atoms with Crippen molar-refractivity contribution in [1.29, 1.82) is 0 Å². The summed E-state index contributed by atoms with van der Waals surface area (Å²) in [6, 6.07) is 4.68. The Bertz CT molecular complexity index is 469. The highest BCUT2D eigenvalue weighted by molar-refractivity contribution is 5.92. The minimum absolute atomic E-state index is 0.0361. The first-order valence-electron chi connectivity index (χ1n) is 6.28. The first kappa shape index (κ1) is 15.8. The van der Waals surface area contributed by atoms with Crippen molar-refractivity contribution in [3.05, 3.63) is 23.8 Å². The van der Waals surface area contributed by atoms with Crippen molar-refractivity contribution in [1.82, 2.24) is 0 Å². The second-order valence-corrected chi connectivity index (χ2v) is 3.90. The molecular formula is C14H18O6. The first-order chi connectivity index (χ1) is 9.60. The van der Waals surface area contributed by atoms with E-state index in [1.165, 1.54) is 13.2 Å². The van der Waals surface area contributed by atoms with E-state index in [1.54, 1.807) is 19.1 Å². The van der Waals surface area contributed by atoms with E-state index in [9.17, 15) is 9.59 Å². The molecule has 6 nitrogen and oxygen atoms in total. The summed E-state index contributed by atoms with van der Waals surface area (Å²) in [5.41, 5.74) is 0.0361. The second kappa shape index (κ2) is 8.04. The lowest BCUT2D eigenvalue weighted by Gasteiger charge is -2.13. The predicted molar refractivity (Wildman–Crippen MR) is 71.3 cm³/mol. The van der Waals surface area contributed by atoms with Gasteiger partial charge >= 0.3 is 11.9 Å². The molecule has 0 unspecified atom stereocenters. The number of methoxy groups -OCH3 is 1. The van der Waals surface area contributed by atoms with Crippen molar-refractivity contribution in [2.24, 2.45) is 0 Å². The van der Waals surface area contributed by atoms with E-state index in [0.717, 1.165) is 0 Å². The largest absolute Gasteiger partial charge is 0.490 e. The van der Waals surface area contributed by atoms with Crippen LogP contribution in [-0.4, -0.2) is 37.4 Å². The highest BCUT2D eigenvalue weighted by Gasteiger charge is 2.16. The predicted octanol–water partition coefficient (Wildman–Crippen LogP) is 2.12. The van der Waals surface area contributed by atoms with Crippen LogP contribution in [0.2, 0.25) is 0 Å². The fourth-order valence-electron chi connectivity index (χ4n) is 1.60. The monoisotopic (exact) mass is 282 g/mol. The van der Waals surface area contributed by atoms with Crippen LogP contribution in [0.15, 0.2) is 18.2 Å². The average molecular weight is 282 g/mol. The van der Waals surface area contributed by atoms with Crippen LogP contribution in [0.1, 0.15) is 30.1 Å². The van der Waals surface area contributed by atoms with Crippen molar-refractivity contribution >= 4 is 11.9 Å². The summed E-state index contributed by atoms with van der Waals surface area (Å²) in [6.45, 7) is 2.41. The van der Waals surface area contributed by atoms with Gasteiger partial charge in [-0.1, -0.05) is 6.07 Å². The van der Waals surface area contributed by atoms with Gasteiger partial charge in [0.05, 0.1) is 20.3 Å². The number of ether oxygens (including phenoxy) is 3. The minimum atomic E-state index is -1.09. The molecule has 110 valence electrons. The van der Waals surface area contributed by atoms with Crippen LogP contribution in [0, 0.1) is 0 Å². The molecule has 0 aliphatic rings. The lowest BCUT2D eigenvalue weighted by Crippen LogP contribution is -2.09. The molecule has 0 saturated carbocycles. The van der Waals surface area contributed by atoms with Gasteiger partial charge in [0.15, 0.2) is 11.5 Å². The molecule has 1 aromatic rings. The Balaban J connectivity index is 2.75. The van der Waals surface area contributed by atoms with E-state index < -0.39 is 5.97 Å². The number of carbonyl (C=O) groups excluding carboxylic acids is 1. The van der Waals surface area contributed by atoms with Crippen molar-refractivity contribution in [2.75, 3.05) is 20.3 Å². The van der Waals surface area contributed by atoms with Crippen molar-refractivity contribution in [3.63, 3.8) is 0 Å². The Morgan fingerprint density at radius 3 is 2.60 bits per heavy atom. The fraction of sp³-hybridized carbons (Fsp3) is 0.429. The van der Waals surface area contributed by atoms with Crippen LogP contribution in [0.25, 0.3) is 0 Å². The molecule has 0 aromatic heterocycles. The van der Waals surface area contributed by atoms with E-state index in [2.05, 4.69) is 4.74 Å². The third-order valence-electron chi connectivity index (χ3n) is 2.51. The molecule has 0 radical (unpaired) electrons. The highest BCUT2D eigenvalue weighted by Crippen LogP contribution is 2.31. The van der Waals surface area contributed by atoms with E-state index in [1.807, 2.05) is 0 Å². The number of carbonyl (C=O) groups is 2. The molecule has 0 aliphatic heterocycles. The molecule has 1 N–H and O–H groups in total. The van der Waals surface area contributed by atoms with Gasteiger partial charge in [0.2, 0.25) is 0 Å². The molecule has 0 spiro atoms. The minimum Gasteiger partial charge on any atom is -0.490 e. The van der Waals surface area contributed by atoms with Crippen LogP contribution in [0.5, 0.6) is 11.5 Å². The van der Waals surface area contributed by atoms with Gasteiger partial charge in [-0.2, -0.15) is 0 Å². The average Bonchev–Trinajstić information content (AvgIpc) is 2.44. The molecule has 0 saturated heterocycles. The van der Waals surface area contributed by atoms with Gasteiger partial charge in [-0.3, -0.25) is 4.79 Å². The Morgan fingerprint density at radius 2 is 2.00 bits per heavy atom. The third kappa shape index (κ3) is 4.46. The van der Waals surface area contributed by atoms with E-state index in [-0.39, 0.29) is 30.3 Å². The summed E-state index contributed by atoms with van der Waals surface area (Å²) in [5, 5.41) is 9.13. The number of hydrogen-bond donors (Lipinski definition) is 1. The number of aromatic carboxylic acids is 1. The lowest BCUT2D eigenvalue weighted by molar-refractivity contribution is -0.140. The van der Waals surface area contributed by atoms with Gasteiger partial charge in [0.1, 0.15) is 5.56 Å². The van der Waals surface area contributed by atoms with E-state index >= 15 is 0 Å². The summed E-state index contributed by atoms with van der Waals surface area (Å²) < 4.78 is 15.3. The zero-order chi connectivity index (χ0) is 15.0. The fourth-order valence-corrected chi connectivity index (χ4v) is 1.60. The van der Waals surface area contributed by atoms with Gasteiger partial charge in [-0.05, 0) is 25.5 Å². The zero-order valence-electron chi connectivity index (χ0n) is 11.5. The molecule has 0 heterocycles. The first-order valence-corrected chi connectivity index (χ1v) is 6.28. The van der Waals surface area contributed by atoms with E-state index in [4.69, 9.17) is 14.6 Å². The smallest absolute Gasteiger partial charge is 0.339 e. The number of carboxylic acid groups (broad SMARTS) is 1. The zero-order valence-corrected chi connectivity index (χ0v) is 11.5. The molecule has 1 rings (SSSR count). The highest BCUT2D eigenvalue weighted by atomic mass is 16.5. The van der Waals surface area contributed by atoms with Crippen LogP contribution in [-0.2, 0) is 9.53 Å². The van der Waals surface area contributed by atoms with Gasteiger partial charge < -0.3 is 19.3 Å². The molecule has 0 atom stereocenters. The number of benzene rings is 1. The molecule has 0 aliphatic carbocycles. The van der Waals surface area contributed by atoms with E-state index in [0.29, 0.717) is 18.8 Å². The number of esters is 1. The SMILES string of the molecule is CCOc1cccc(C(=O)O)c1OCCCC(=O)OC. The standard InChI is InChI=1S/C14H18O6/c1-3-19-11-7-4-6-10(14(16)17)13(11)20-9-5-8-12(15)18-2/h4,6-7H,3,5,8-9H2,1-2H3,(H,16,17). The maximum absolute atomic E-state index is 11.2. The lowest BCUT2D eigenvalue weighted by atomic mass is 10.2. The van der Waals surface area contributed by atoms with Crippen molar-refractivity contribution < 1.29 is 28.9 Å². The van der Waals surface area contributed by atoms with Crippen LogP contribution in [0.4, 0.5) is 0 Å². The Morgan fingerprint density at radius 1 is 1.25 bits per heavy atom. The second-order valence-electron chi connectivity index (χ2n) is 3.90. The topological polar surface area (TPSA) is 82.1 Å². The number of rotatable bonds is 8. The van der Waals surface area contributed by atoms with Crippen molar-refractivity contribution in [3.8, 4) is 11.5 Å². The molecule has 0 fully saturated rings. The Hall–Kier alpha value is -2.24. The molecule has 6 heteroatoms. The molecule has 1 aromatic carbocycles. The maximum atomic E-state index is 11.2. The third-order valence-corrected chi connectivity index (χ3v) is 2.51. The summed E-state index contributed by atoms with van der Waals surface area (Å²) >= 11 is 0. The number of hydrogen-bond acceptors (Lipinski definition) is 5. The summed E-state index contributed by atoms with van der Waals surface area (Å²) in [5.74, 6) is -0.850. The molecule has 20 heavy (non-hydrogen) atoms. The van der Waals surface area contributed by atoms with Gasteiger partial charge in [0.25, 0.3) is 0 Å². The summed E-state index contributed by atoms with van der Waals surface area (Å²) in [6.07, 6.45) is 0.655. The number of carboxylic acids is 1. The summed E-state index contributed by atoms with van der Waals surface area (Å²) in [4.78, 5) is 22.1. The van der Waals surface area contributed by atoms with Gasteiger partial charge in [-0.25, -0.2) is 4.79 Å². The van der Waals surface area contributed by atoms with Crippen LogP contribution < -0.4 is 9.47 Å². The van der Waals surface area contributed by atoms with Crippen LogP contribution >= 0.6 is 0 Å². The van der Waals surface area contributed by atoms with Crippen LogP contribution in [0.3, 0.4) is 0 Å². The van der Waals surface area contributed by atoms with Gasteiger partial charge in [-0.15, -0.1) is 0 Å². The molecular weight excluding hydrogens is 264 g/mol. The number of para-hydroxylation sites is 1. The maximum Gasteiger partial charge on any atom is 0.339 e. The van der Waals surface area contributed by atoms with Gasteiger partial charge in [0, 0.05) is 6.42 Å². The Kier molecular flexibility index (Phi) is 6.36. The molecule has 0 amide bonds.